The second-order valence-electron chi connectivity index (χ2n) is 16.7. The number of nitrogens with two attached hydrogens (primary N) is 1. The fourth-order valence-electron chi connectivity index (χ4n) is 7.37. The molecule has 0 atom stereocenters. The van der Waals surface area contributed by atoms with Crippen molar-refractivity contribution in [3.05, 3.63) is 101 Å². The van der Waals surface area contributed by atoms with E-state index in [2.05, 4.69) is 40.9 Å². The van der Waals surface area contributed by atoms with Gasteiger partial charge in [0.25, 0.3) is 76.5 Å². The van der Waals surface area contributed by atoms with Crippen molar-refractivity contribution in [1.29, 1.82) is 0 Å². The van der Waals surface area contributed by atoms with Crippen LogP contribution in [0.2, 0.25) is 0 Å². The molecule has 0 saturated carbocycles. The van der Waals surface area contributed by atoms with Gasteiger partial charge in [0, 0.05) is 28.3 Å². The minimum Gasteiger partial charge on any atom is -0.505 e. The largest absolute Gasteiger partial charge is 0.505 e. The highest BCUT2D eigenvalue weighted by Gasteiger charge is 2.32. The van der Waals surface area contributed by atoms with Crippen LogP contribution in [0.3, 0.4) is 0 Å². The Morgan fingerprint density at radius 1 is 0.412 bits per heavy atom. The third kappa shape index (κ3) is 14.2. The molecule has 0 aliphatic heterocycles. The number of nitrogens with zero attached hydrogens (tertiary/aromatic N) is 9. The average molecular weight is 1340 g/mol. The summed E-state index contributed by atoms with van der Waals surface area (Å²) in [7, 11) is -42.4. The highest BCUT2D eigenvalue weighted by atomic mass is 32.2. The zero-order chi connectivity index (χ0) is 63.5. The van der Waals surface area contributed by atoms with Gasteiger partial charge in [0.1, 0.15) is 63.5 Å². The number of phenolic OH excluding ortho intramolecular Hbond substituents is 2. The number of nitro benzene ring substituents is 1. The molecule has 11 N–H and O–H groups in total. The number of nitrogen functional groups attached to an aromatic ring is 1. The van der Waals surface area contributed by atoms with E-state index in [1.54, 1.807) is 0 Å². The molecule has 0 amide bonds. The van der Waals surface area contributed by atoms with Crippen molar-refractivity contribution >= 4 is 159 Å². The smallest absolute Gasteiger partial charge is 0.297 e. The van der Waals surface area contributed by atoms with Crippen LogP contribution in [-0.2, 0) is 80.7 Å². The second-order valence-corrected chi connectivity index (χ2v) is 28.7. The molecular weight excluding hydrogens is 1310 g/mol. The molecule has 7 aromatic carbocycles. The van der Waals surface area contributed by atoms with Gasteiger partial charge in [0.15, 0.2) is 21.3 Å². The van der Waals surface area contributed by atoms with Gasteiger partial charge in [-0.05, 0) is 78.9 Å². The molecule has 0 radical (unpaired) electrons. The normalized spacial score (nSPS) is 13.5. The lowest BCUT2D eigenvalue weighted by atomic mass is 10.0. The van der Waals surface area contributed by atoms with Crippen molar-refractivity contribution in [3.63, 3.8) is 0 Å². The highest BCUT2D eigenvalue weighted by molar-refractivity contribution is 7.93. The van der Waals surface area contributed by atoms with Gasteiger partial charge < -0.3 is 15.9 Å². The molecule has 0 unspecified atom stereocenters. The lowest BCUT2D eigenvalue weighted by Gasteiger charge is -2.15. The SMILES string of the molecule is Nc1c(N=Nc2ccc3c(O)c(N=Nc4ccc(N=Nc5ccc(S(=O)(=O)CCS(=O)(=O)O)cc5)cc4S(=O)(=O)O)c(S(=O)(=O)O)cc3c2S(=O)(=O)O)cc(S(=O)(=O)O)c2cc(S(=O)(=O)O)c(N=Nc3ccc([N+](=O)[O-])cc3S(=O)(=O)O)c(O)c12. The highest BCUT2D eigenvalue weighted by Crippen LogP contribution is 2.50. The number of benzene rings is 7. The van der Waals surface area contributed by atoms with E-state index in [1.165, 1.54) is 0 Å². The molecule has 85 heavy (non-hydrogen) atoms. The van der Waals surface area contributed by atoms with E-state index in [0.717, 1.165) is 42.5 Å². The number of hydrogen-bond acceptors (Lipinski definition) is 29. The minimum absolute atomic E-state index is 0.0693. The van der Waals surface area contributed by atoms with Crippen LogP contribution in [0.1, 0.15) is 0 Å². The number of hydrogen-bond donors (Lipinski definition) is 10. The van der Waals surface area contributed by atoms with Gasteiger partial charge in [0.05, 0.1) is 43.8 Å². The first kappa shape index (κ1) is 64.1. The Morgan fingerprint density at radius 2 is 0.859 bits per heavy atom. The van der Waals surface area contributed by atoms with Crippen LogP contribution in [-0.4, -0.2) is 126 Å². The van der Waals surface area contributed by atoms with Gasteiger partial charge in [-0.15, -0.1) is 30.7 Å². The first-order valence-corrected chi connectivity index (χ1v) is 33.5. The monoisotopic (exact) mass is 1340 g/mol. The van der Waals surface area contributed by atoms with Crippen LogP contribution in [0.5, 0.6) is 11.5 Å². The van der Waals surface area contributed by atoms with Gasteiger partial charge in [0.2, 0.25) is 0 Å². The number of azo groups is 4. The number of non-ortho nitro benzene ring substituents is 1. The van der Waals surface area contributed by atoms with E-state index in [0.29, 0.717) is 30.3 Å². The summed E-state index contributed by atoms with van der Waals surface area (Å²) >= 11 is 0. The van der Waals surface area contributed by atoms with Crippen LogP contribution < -0.4 is 5.73 Å². The van der Waals surface area contributed by atoms with Gasteiger partial charge in [-0.2, -0.15) is 69.2 Å². The van der Waals surface area contributed by atoms with E-state index in [9.17, 15) is 115 Å². The van der Waals surface area contributed by atoms with Crippen LogP contribution >= 0.6 is 0 Å². The summed E-state index contributed by atoms with van der Waals surface area (Å²) in [5, 5.41) is 58.8. The Kier molecular flexibility index (Phi) is 17.0. The number of rotatable bonds is 19. The summed E-state index contributed by atoms with van der Waals surface area (Å²) in [4.78, 5) is 1.38. The van der Waals surface area contributed by atoms with Gasteiger partial charge in [-0.1, -0.05) is 0 Å². The number of aromatic hydroxyl groups is 2. The summed E-state index contributed by atoms with van der Waals surface area (Å²) in [6.45, 7) is 0. The van der Waals surface area contributed by atoms with Crippen molar-refractivity contribution < 1.29 is 114 Å². The number of phenols is 2. The van der Waals surface area contributed by atoms with E-state index in [4.69, 9.17) is 10.3 Å². The van der Waals surface area contributed by atoms with E-state index >= 15 is 0 Å². The van der Waals surface area contributed by atoms with E-state index < -0.39 is 205 Å². The predicted molar refractivity (Wildman–Crippen MR) is 286 cm³/mol. The maximum absolute atomic E-state index is 13.1. The van der Waals surface area contributed by atoms with Crippen molar-refractivity contribution in [2.45, 2.75) is 34.3 Å². The lowest BCUT2D eigenvalue weighted by molar-refractivity contribution is -0.385. The van der Waals surface area contributed by atoms with Crippen LogP contribution in [0.4, 0.5) is 56.9 Å². The topological polar surface area (TPSA) is 623 Å². The summed E-state index contributed by atoms with van der Waals surface area (Å²) in [5.74, 6) is -5.05. The van der Waals surface area contributed by atoms with E-state index in [-0.39, 0.29) is 34.5 Å². The lowest BCUT2D eigenvalue weighted by Crippen LogP contribution is -2.16. The fraction of sp³-hybridized carbons (Fsp3) is 0.0500. The zero-order valence-electron chi connectivity index (χ0n) is 40.8. The van der Waals surface area contributed by atoms with Gasteiger partial charge in [-0.25, -0.2) is 8.42 Å². The average Bonchev–Trinajstić information content (AvgIpc) is 0.984. The first-order valence-electron chi connectivity index (χ1n) is 21.6. The maximum Gasteiger partial charge on any atom is 0.297 e. The quantitative estimate of drug-likeness (QED) is 0.0132. The Labute approximate surface area is 475 Å². The van der Waals surface area contributed by atoms with Crippen molar-refractivity contribution in [2.24, 2.45) is 40.9 Å². The number of sulfone groups is 1. The number of anilines is 1. The molecule has 37 nitrogen and oxygen atoms in total. The minimum atomic E-state index is -5.78. The summed E-state index contributed by atoms with van der Waals surface area (Å²) in [5.41, 5.74) is -2.77. The number of fused-ring (bicyclic) bond motifs is 2. The Hall–Kier alpha value is -8.42. The molecule has 0 heterocycles. The predicted octanol–water partition coefficient (Wildman–Crippen LogP) is 6.70. The molecule has 0 aliphatic carbocycles. The molecule has 7 aromatic rings. The molecule has 0 aromatic heterocycles. The van der Waals surface area contributed by atoms with Crippen molar-refractivity contribution in [1.82, 2.24) is 0 Å². The van der Waals surface area contributed by atoms with Crippen molar-refractivity contribution in [3.8, 4) is 11.5 Å². The Bertz CT molecular complexity index is 5160. The molecule has 0 spiro atoms. The molecule has 7 rings (SSSR count). The van der Waals surface area contributed by atoms with Gasteiger partial charge in [-0.3, -0.25) is 42.0 Å². The fourth-order valence-corrected chi connectivity index (χ4v) is 14.0. The van der Waals surface area contributed by atoms with Crippen LogP contribution in [0, 0.1) is 10.1 Å². The summed E-state index contributed by atoms with van der Waals surface area (Å²) < 4.78 is 268. The third-order valence-electron chi connectivity index (χ3n) is 11.1. The standard InChI is InChI=1S/C40H30N10O27S8/c41-35-28(17-29(80(60,61)62)24-16-33(84(72,73)74)37(39(52)34(24)35)49-45-26-9-4-20(50(53)54)14-31(26)82(66,67)68)47-46-27-10-7-22-23(40(27)85(75,76)77)15-32(83(69,70)71)36(38(22)51)48-44-25-8-3-19(13-30(25)81(63,64)65)43-42-18-1-5-21(6-2-18)78(55,56)11-12-79(57,58)59/h1-10,13-17,51-52H,11-12,41H2,(H,57,58,59)(H,60,61,62)(H,63,64,65)(H,66,67,68)(H,69,70,71)(H,72,73,74)(H,75,76,77). The number of nitro groups is 1. The zero-order valence-corrected chi connectivity index (χ0v) is 47.3. The third-order valence-corrected chi connectivity index (χ3v) is 19.1. The summed E-state index contributed by atoms with van der Waals surface area (Å²) in [6, 6.07) is 10.3. The molecular formula is C40H30N10O27S8. The molecule has 45 heteroatoms. The summed E-state index contributed by atoms with van der Waals surface area (Å²) in [6.07, 6.45) is 0. The Morgan fingerprint density at radius 3 is 1.36 bits per heavy atom. The van der Waals surface area contributed by atoms with E-state index in [1.807, 2.05) is 0 Å². The van der Waals surface area contributed by atoms with Crippen LogP contribution in [0.25, 0.3) is 21.5 Å². The molecule has 0 saturated heterocycles. The molecule has 0 fully saturated rings. The van der Waals surface area contributed by atoms with Crippen molar-refractivity contribution in [2.75, 3.05) is 17.2 Å². The molecule has 450 valence electrons. The van der Waals surface area contributed by atoms with Crippen LogP contribution in [0.15, 0.2) is 166 Å². The molecule has 0 aliphatic rings. The second kappa shape index (κ2) is 22.5. The maximum atomic E-state index is 13.1. The first-order chi connectivity index (χ1) is 38.9. The molecule has 0 bridgehead atoms. The Balaban J connectivity index is 1.34. The van der Waals surface area contributed by atoms with Gasteiger partial charge >= 0.3 is 0 Å².